The van der Waals surface area contributed by atoms with Crippen LogP contribution in [-0.4, -0.2) is 48.2 Å². The Labute approximate surface area is 157 Å². The molecule has 142 valence electrons. The monoisotopic (exact) mass is 370 g/mol. The summed E-state index contributed by atoms with van der Waals surface area (Å²) in [5, 5.41) is 10.9. The molecule has 0 radical (unpaired) electrons. The van der Waals surface area contributed by atoms with Crippen molar-refractivity contribution in [2.75, 3.05) is 20.3 Å². The number of aliphatic carboxylic acids is 1. The largest absolute Gasteiger partial charge is 0.492 e. The molecule has 1 unspecified atom stereocenters. The second kappa shape index (κ2) is 8.55. The van der Waals surface area contributed by atoms with Gasteiger partial charge in [-0.3, -0.25) is 9.80 Å². The molecule has 1 aliphatic heterocycles. The first kappa shape index (κ1) is 18.7. The fourth-order valence-corrected chi connectivity index (χ4v) is 2.88. The molecule has 7 nitrogen and oxygen atoms in total. The smallest absolute Gasteiger partial charge is 0.333 e. The number of Topliss-reactive ketones (excluding diaryl/α,β-unsaturated/α-hetero) is 1. The Morgan fingerprint density at radius 3 is 2.81 bits per heavy atom. The van der Waals surface area contributed by atoms with Crippen molar-refractivity contribution in [1.29, 1.82) is 0 Å². The molecule has 0 amide bonds. The molecule has 1 atom stereocenters. The van der Waals surface area contributed by atoms with Crippen LogP contribution in [0.2, 0.25) is 0 Å². The first-order valence-electron chi connectivity index (χ1n) is 8.69. The van der Waals surface area contributed by atoms with Gasteiger partial charge in [0.25, 0.3) is 0 Å². The topological polar surface area (TPSA) is 88.1 Å². The molecule has 7 heteroatoms. The maximum absolute atomic E-state index is 11.8. The molecule has 0 fully saturated rings. The van der Waals surface area contributed by atoms with Gasteiger partial charge in [0, 0.05) is 43.5 Å². The van der Waals surface area contributed by atoms with Gasteiger partial charge < -0.3 is 20.0 Å². The minimum absolute atomic E-state index is 0.117. The van der Waals surface area contributed by atoms with Crippen LogP contribution in [0.5, 0.6) is 5.75 Å². The van der Waals surface area contributed by atoms with Crippen LogP contribution in [0.15, 0.2) is 60.0 Å². The molecule has 1 aliphatic carbocycles. The summed E-state index contributed by atoms with van der Waals surface area (Å²) in [5.74, 6) is -0.157. The first-order valence-corrected chi connectivity index (χ1v) is 8.69. The van der Waals surface area contributed by atoms with Gasteiger partial charge in [-0.25, -0.2) is 4.79 Å². The third-order valence-corrected chi connectivity index (χ3v) is 4.39. The van der Waals surface area contributed by atoms with E-state index in [9.17, 15) is 9.59 Å². The average Bonchev–Trinajstić information content (AvgIpc) is 2.67. The number of carboxylic acid groups (broad SMARTS) is 1. The van der Waals surface area contributed by atoms with Crippen LogP contribution in [-0.2, 0) is 20.7 Å². The summed E-state index contributed by atoms with van der Waals surface area (Å²) < 4.78 is 10.7. The fraction of sp³-hybridized carbons (Fsp3) is 0.300. The molecule has 0 aromatic heterocycles. The number of rotatable bonds is 8. The number of hydrazine groups is 1. The zero-order valence-electron chi connectivity index (χ0n) is 15.1. The van der Waals surface area contributed by atoms with Gasteiger partial charge in [-0.15, -0.1) is 0 Å². The number of carbonyl (C=O) groups excluding carboxylic acids is 1. The summed E-state index contributed by atoms with van der Waals surface area (Å²) in [4.78, 5) is 22.8. The summed E-state index contributed by atoms with van der Waals surface area (Å²) >= 11 is 0. The Morgan fingerprint density at radius 2 is 2.11 bits per heavy atom. The van der Waals surface area contributed by atoms with Crippen LogP contribution in [0.1, 0.15) is 12.0 Å². The molecule has 0 saturated carbocycles. The molecule has 1 aromatic carbocycles. The van der Waals surface area contributed by atoms with Crippen LogP contribution in [0, 0.1) is 0 Å². The number of ether oxygens (including phenoxy) is 2. The number of carboxylic acids is 1. The van der Waals surface area contributed by atoms with Gasteiger partial charge in [-0.2, -0.15) is 0 Å². The lowest BCUT2D eigenvalue weighted by Crippen LogP contribution is -2.37. The predicted molar refractivity (Wildman–Crippen MR) is 98.8 cm³/mol. The molecule has 0 bridgehead atoms. The van der Waals surface area contributed by atoms with Crippen molar-refractivity contribution in [3.8, 4) is 5.75 Å². The molecule has 1 heterocycles. The van der Waals surface area contributed by atoms with E-state index in [1.54, 1.807) is 6.20 Å². The van der Waals surface area contributed by atoms with E-state index in [0.717, 1.165) is 11.1 Å². The van der Waals surface area contributed by atoms with Crippen LogP contribution in [0.4, 0.5) is 0 Å². The standard InChI is InChI=1S/C20H22N2O5/c1-26-19(20(24)25)11-14-5-7-16(8-6-14)27-10-9-22-13-15-3-2-4-18(23)17(15)12-21-22/h2-3,5-8,12-13,19,21H,4,9-11H2,1H3,(H,24,25). The molecule has 0 saturated heterocycles. The Hall–Kier alpha value is -3.06. The number of methoxy groups -OCH3 is 1. The van der Waals surface area contributed by atoms with Gasteiger partial charge in [-0.1, -0.05) is 24.3 Å². The van der Waals surface area contributed by atoms with Gasteiger partial charge in [0.2, 0.25) is 0 Å². The molecule has 27 heavy (non-hydrogen) atoms. The third kappa shape index (κ3) is 4.77. The van der Waals surface area contributed by atoms with Crippen molar-refractivity contribution in [2.24, 2.45) is 0 Å². The SMILES string of the molecule is COC(Cc1ccc(OCCN2C=C3C=CCC(=O)C3=CN2)cc1)C(=O)O. The highest BCUT2D eigenvalue weighted by Crippen LogP contribution is 2.22. The van der Waals surface area contributed by atoms with Gasteiger partial charge in [-0.05, 0) is 17.7 Å². The Balaban J connectivity index is 1.48. The number of fused-ring (bicyclic) bond motifs is 1. The van der Waals surface area contributed by atoms with Crippen LogP contribution in [0.25, 0.3) is 0 Å². The van der Waals surface area contributed by atoms with E-state index >= 15 is 0 Å². The average molecular weight is 370 g/mol. The Kier molecular flexibility index (Phi) is 5.93. The molecule has 3 rings (SSSR count). The number of carbonyl (C=O) groups is 2. The normalized spacial score (nSPS) is 16.8. The van der Waals surface area contributed by atoms with Crippen molar-refractivity contribution in [3.63, 3.8) is 0 Å². The highest BCUT2D eigenvalue weighted by atomic mass is 16.5. The molecule has 0 spiro atoms. The van der Waals surface area contributed by atoms with E-state index in [2.05, 4.69) is 5.43 Å². The lowest BCUT2D eigenvalue weighted by Gasteiger charge is -2.27. The van der Waals surface area contributed by atoms with Gasteiger partial charge in [0.1, 0.15) is 12.4 Å². The molecule has 2 aliphatic rings. The number of nitrogens with one attached hydrogen (secondary N) is 1. The van der Waals surface area contributed by atoms with E-state index < -0.39 is 12.1 Å². The van der Waals surface area contributed by atoms with Crippen LogP contribution < -0.4 is 10.2 Å². The first-order chi connectivity index (χ1) is 13.1. The number of nitrogens with zero attached hydrogens (tertiary/aromatic N) is 1. The van der Waals surface area contributed by atoms with E-state index in [4.69, 9.17) is 14.6 Å². The summed E-state index contributed by atoms with van der Waals surface area (Å²) in [6, 6.07) is 7.29. The zero-order chi connectivity index (χ0) is 19.2. The molecular formula is C20H22N2O5. The van der Waals surface area contributed by atoms with Crippen molar-refractivity contribution in [3.05, 3.63) is 65.5 Å². The van der Waals surface area contributed by atoms with Crippen molar-refractivity contribution < 1.29 is 24.2 Å². The van der Waals surface area contributed by atoms with Crippen molar-refractivity contribution in [1.82, 2.24) is 10.4 Å². The van der Waals surface area contributed by atoms with Gasteiger partial charge >= 0.3 is 5.97 Å². The van der Waals surface area contributed by atoms with Crippen molar-refractivity contribution in [2.45, 2.75) is 18.9 Å². The third-order valence-electron chi connectivity index (χ3n) is 4.39. The number of hydrogen-bond donors (Lipinski definition) is 2. The van der Waals surface area contributed by atoms with Crippen LogP contribution in [0.3, 0.4) is 0 Å². The van der Waals surface area contributed by atoms with E-state index in [1.165, 1.54) is 7.11 Å². The highest BCUT2D eigenvalue weighted by Gasteiger charge is 2.20. The molecule has 1 aromatic rings. The molecular weight excluding hydrogens is 348 g/mol. The highest BCUT2D eigenvalue weighted by molar-refractivity contribution is 6.02. The quantitative estimate of drug-likeness (QED) is 0.722. The second-order valence-corrected chi connectivity index (χ2v) is 6.25. The van der Waals surface area contributed by atoms with E-state index in [0.29, 0.717) is 37.3 Å². The fourth-order valence-electron chi connectivity index (χ4n) is 2.88. The summed E-state index contributed by atoms with van der Waals surface area (Å²) in [6.45, 7) is 1.05. The van der Waals surface area contributed by atoms with Gasteiger partial charge in [0.05, 0.1) is 6.54 Å². The van der Waals surface area contributed by atoms with E-state index in [-0.39, 0.29) is 5.78 Å². The van der Waals surface area contributed by atoms with Gasteiger partial charge in [0.15, 0.2) is 11.9 Å². The minimum atomic E-state index is -0.979. The second-order valence-electron chi connectivity index (χ2n) is 6.25. The maximum atomic E-state index is 11.8. The predicted octanol–water partition coefficient (Wildman–Crippen LogP) is 1.82. The van der Waals surface area contributed by atoms with E-state index in [1.807, 2.05) is 47.6 Å². The Morgan fingerprint density at radius 1 is 1.33 bits per heavy atom. The number of allylic oxidation sites excluding steroid dienone is 4. The minimum Gasteiger partial charge on any atom is -0.492 e. The lowest BCUT2D eigenvalue weighted by atomic mass is 9.95. The number of hydrogen-bond acceptors (Lipinski definition) is 6. The summed E-state index contributed by atoms with van der Waals surface area (Å²) in [6.07, 6.45) is 7.33. The number of ketones is 1. The summed E-state index contributed by atoms with van der Waals surface area (Å²) in [7, 11) is 1.39. The summed E-state index contributed by atoms with van der Waals surface area (Å²) in [5.41, 5.74) is 5.55. The van der Waals surface area contributed by atoms with Crippen molar-refractivity contribution >= 4 is 11.8 Å². The van der Waals surface area contributed by atoms with Crippen LogP contribution >= 0.6 is 0 Å². The lowest BCUT2D eigenvalue weighted by molar-refractivity contribution is -0.148. The molecule has 2 N–H and O–H groups in total. The maximum Gasteiger partial charge on any atom is 0.333 e. The Bertz CT molecular complexity index is 795. The number of benzene rings is 1. The zero-order valence-corrected chi connectivity index (χ0v) is 15.1.